The minimum Gasteiger partial charge on any atom is -0.477 e. The zero-order valence-corrected chi connectivity index (χ0v) is 19.8. The largest absolute Gasteiger partial charge is 0.477 e. The summed E-state index contributed by atoms with van der Waals surface area (Å²) in [6, 6.07) is -0.996. The number of β-lactam (4-membered cyclic amide) rings is 1. The molecule has 0 bridgehead atoms. The van der Waals surface area contributed by atoms with Gasteiger partial charge < -0.3 is 26.7 Å². The number of hydrogen-bond acceptors (Lipinski definition) is 11. The van der Waals surface area contributed by atoms with Crippen molar-refractivity contribution in [1.29, 1.82) is 0 Å². The molecule has 6 N–H and O–H groups in total. The first-order chi connectivity index (χ1) is 15.3. The maximum atomic E-state index is 12.7. The van der Waals surface area contributed by atoms with Gasteiger partial charge in [0.2, 0.25) is 0 Å². The van der Waals surface area contributed by atoms with E-state index in [-0.39, 0.29) is 20.9 Å². The van der Waals surface area contributed by atoms with Gasteiger partial charge in [0.05, 0.1) is 0 Å². The van der Waals surface area contributed by atoms with Gasteiger partial charge in [-0.1, -0.05) is 28.1 Å². The molecule has 11 nitrogen and oxygen atoms in total. The van der Waals surface area contributed by atoms with E-state index in [0.29, 0.717) is 11.3 Å². The molecule has 0 spiro atoms. The van der Waals surface area contributed by atoms with Crippen LogP contribution < -0.4 is 16.4 Å². The van der Waals surface area contributed by atoms with Crippen LogP contribution in [0.3, 0.4) is 0 Å². The first-order valence-corrected chi connectivity index (χ1v) is 12.4. The number of aromatic nitrogens is 1. The van der Waals surface area contributed by atoms with E-state index in [9.17, 15) is 24.7 Å². The van der Waals surface area contributed by atoms with Crippen LogP contribution in [0.4, 0.5) is 5.13 Å². The Kier molecular flexibility index (Phi) is 8.05. The summed E-state index contributed by atoms with van der Waals surface area (Å²) in [5.41, 5.74) is 5.35. The second-order valence-electron chi connectivity index (χ2n) is 6.44. The van der Waals surface area contributed by atoms with Crippen molar-refractivity contribution in [2.45, 2.75) is 11.4 Å². The summed E-state index contributed by atoms with van der Waals surface area (Å²) in [6.07, 6.45) is 1.69. The molecule has 3 rings (SSSR count). The maximum Gasteiger partial charge on any atom is 0.352 e. The fourth-order valence-corrected chi connectivity index (χ4v) is 5.97. The topological polar surface area (TPSA) is 170 Å². The van der Waals surface area contributed by atoms with Crippen LogP contribution in [0.15, 0.2) is 27.9 Å². The molecule has 15 heteroatoms. The molecule has 3 heterocycles. The van der Waals surface area contributed by atoms with Crippen LogP contribution in [-0.2, 0) is 14.4 Å². The molecule has 2 aliphatic heterocycles. The Hall–Kier alpha value is -2.26. The van der Waals surface area contributed by atoms with Crippen LogP contribution in [0.25, 0.3) is 0 Å². The number of oxime groups is 1. The fourth-order valence-electron chi connectivity index (χ4n) is 3.00. The highest BCUT2D eigenvalue weighted by Gasteiger charge is 2.54. The number of amides is 2. The minimum atomic E-state index is -1.23. The molecule has 0 radical (unpaired) electrons. The molecule has 1 aromatic rings. The summed E-state index contributed by atoms with van der Waals surface area (Å²) in [5.74, 6) is -1.52. The third kappa shape index (κ3) is 4.88. The number of thiazole rings is 1. The van der Waals surface area contributed by atoms with E-state index < -0.39 is 34.9 Å². The van der Waals surface area contributed by atoms with Gasteiger partial charge in [0, 0.05) is 18.1 Å². The van der Waals surface area contributed by atoms with Crippen molar-refractivity contribution in [2.24, 2.45) is 5.16 Å². The lowest BCUT2D eigenvalue weighted by atomic mass is 10.0. The standard InChI is InChI=1S/C17H19ClN6O5S3/c1-20-3-5-30-4-2-7-6-31-15-10(14(26)24(15)11(7)16(27)28)21-13(25)9(23-29)8-12(18)32-17(19)22-8/h2,4,10,15,20,29H,3,5-6H2,1H3,(H2,19,22)(H,21,25)(H,27,28)/b4-2?,23-9-/t10-,15-/m1/s1. The summed E-state index contributed by atoms with van der Waals surface area (Å²) in [6.45, 7) is 0.806. The zero-order chi connectivity index (χ0) is 23.4. The average molecular weight is 519 g/mol. The Balaban J connectivity index is 1.73. The van der Waals surface area contributed by atoms with E-state index >= 15 is 0 Å². The van der Waals surface area contributed by atoms with Crippen molar-refractivity contribution < 1.29 is 24.7 Å². The number of carboxylic acid groups (broad SMARTS) is 1. The van der Waals surface area contributed by atoms with Gasteiger partial charge in [-0.3, -0.25) is 14.5 Å². The smallest absolute Gasteiger partial charge is 0.352 e. The van der Waals surface area contributed by atoms with Gasteiger partial charge in [-0.15, -0.1) is 23.5 Å². The normalized spacial score (nSPS) is 21.0. The summed E-state index contributed by atoms with van der Waals surface area (Å²) >= 11 is 9.71. The van der Waals surface area contributed by atoms with Gasteiger partial charge in [0.25, 0.3) is 11.8 Å². The SMILES string of the molecule is CNCCSC=CC1=C(C(=O)O)N2C(=O)[C@@H](NC(=O)/C(=N\O)c3nc(N)sc3Cl)[C@H]2SC1. The van der Waals surface area contributed by atoms with Crippen molar-refractivity contribution in [1.82, 2.24) is 20.5 Å². The third-order valence-corrected chi connectivity index (χ3v) is 7.62. The van der Waals surface area contributed by atoms with Crippen molar-refractivity contribution in [2.75, 3.05) is 30.8 Å². The highest BCUT2D eigenvalue weighted by molar-refractivity contribution is 8.02. The molecule has 32 heavy (non-hydrogen) atoms. The number of nitrogen functional groups attached to an aromatic ring is 1. The highest BCUT2D eigenvalue weighted by atomic mass is 35.5. The molecule has 2 aliphatic rings. The number of aliphatic carboxylic acids is 1. The minimum absolute atomic E-state index is 0.0548. The lowest BCUT2D eigenvalue weighted by Crippen LogP contribution is -2.71. The molecular formula is C17H19ClN6O5S3. The number of fused-ring (bicyclic) bond motifs is 1. The van der Waals surface area contributed by atoms with Gasteiger partial charge in [-0.2, -0.15) is 0 Å². The molecule has 1 fully saturated rings. The molecular weight excluding hydrogens is 500 g/mol. The van der Waals surface area contributed by atoms with Gasteiger partial charge in [0.15, 0.2) is 10.8 Å². The lowest BCUT2D eigenvalue weighted by Gasteiger charge is -2.49. The first kappa shape index (κ1) is 24.4. The lowest BCUT2D eigenvalue weighted by molar-refractivity contribution is -0.150. The number of allylic oxidation sites excluding steroid dienone is 1. The molecule has 0 unspecified atom stereocenters. The van der Waals surface area contributed by atoms with Crippen LogP contribution in [0.2, 0.25) is 4.34 Å². The molecule has 172 valence electrons. The quantitative estimate of drug-likeness (QED) is 0.103. The van der Waals surface area contributed by atoms with Crippen molar-refractivity contribution in [3.63, 3.8) is 0 Å². The Bertz CT molecular complexity index is 1030. The Morgan fingerprint density at radius 1 is 1.50 bits per heavy atom. The number of carboxylic acids is 1. The van der Waals surface area contributed by atoms with E-state index in [2.05, 4.69) is 20.8 Å². The van der Waals surface area contributed by atoms with E-state index in [1.54, 1.807) is 11.5 Å². The summed E-state index contributed by atoms with van der Waals surface area (Å²) in [4.78, 5) is 42.2. The number of nitrogens with two attached hydrogens (primary N) is 1. The second kappa shape index (κ2) is 10.6. The molecule has 0 aliphatic carbocycles. The molecule has 2 amide bonds. The number of nitrogens with zero attached hydrogens (tertiary/aromatic N) is 3. The van der Waals surface area contributed by atoms with Crippen LogP contribution in [0.1, 0.15) is 5.69 Å². The number of carbonyl (C=O) groups excluding carboxylic acids is 2. The van der Waals surface area contributed by atoms with E-state index in [4.69, 9.17) is 17.3 Å². The number of halogens is 1. The summed E-state index contributed by atoms with van der Waals surface area (Å²) < 4.78 is 0.0548. The summed E-state index contributed by atoms with van der Waals surface area (Å²) in [5, 5.41) is 28.6. The molecule has 1 aromatic heterocycles. The molecule has 2 atom stereocenters. The predicted molar refractivity (Wildman–Crippen MR) is 125 cm³/mol. The fraction of sp³-hybridized carbons (Fsp3) is 0.353. The van der Waals surface area contributed by atoms with Gasteiger partial charge >= 0.3 is 5.97 Å². The number of carbonyl (C=O) groups is 3. The van der Waals surface area contributed by atoms with Gasteiger partial charge in [0.1, 0.15) is 27.1 Å². The number of nitrogens with one attached hydrogen (secondary N) is 2. The van der Waals surface area contributed by atoms with E-state index in [1.165, 1.54) is 23.5 Å². The third-order valence-electron chi connectivity index (χ3n) is 4.46. The van der Waals surface area contributed by atoms with Crippen LogP contribution >= 0.6 is 46.5 Å². The van der Waals surface area contributed by atoms with E-state index in [1.807, 2.05) is 7.05 Å². The number of anilines is 1. The highest BCUT2D eigenvalue weighted by Crippen LogP contribution is 2.41. The summed E-state index contributed by atoms with van der Waals surface area (Å²) in [7, 11) is 1.84. The van der Waals surface area contributed by atoms with Crippen molar-refractivity contribution >= 4 is 75.1 Å². The number of hydrogen-bond donors (Lipinski definition) is 5. The molecule has 0 aromatic carbocycles. The predicted octanol–water partition coefficient (Wildman–Crippen LogP) is 0.762. The Labute approximate surface area is 200 Å². The first-order valence-electron chi connectivity index (χ1n) is 9.09. The number of rotatable bonds is 9. The Morgan fingerprint density at radius 2 is 2.25 bits per heavy atom. The maximum absolute atomic E-state index is 12.7. The van der Waals surface area contributed by atoms with Crippen LogP contribution in [0.5, 0.6) is 0 Å². The van der Waals surface area contributed by atoms with Crippen LogP contribution in [0, 0.1) is 0 Å². The second-order valence-corrected chi connectivity index (χ2v) is 10.2. The average Bonchev–Trinajstić information content (AvgIpc) is 3.09. The molecule has 0 saturated carbocycles. The van der Waals surface area contributed by atoms with E-state index in [0.717, 1.165) is 28.5 Å². The van der Waals surface area contributed by atoms with Crippen molar-refractivity contribution in [3.05, 3.63) is 32.8 Å². The zero-order valence-electron chi connectivity index (χ0n) is 16.6. The van der Waals surface area contributed by atoms with Gasteiger partial charge in [-0.25, -0.2) is 9.78 Å². The van der Waals surface area contributed by atoms with Crippen LogP contribution in [-0.4, -0.2) is 80.2 Å². The number of thioether (sulfide) groups is 2. The molecule has 1 saturated heterocycles. The van der Waals surface area contributed by atoms with Gasteiger partial charge in [-0.05, 0) is 24.1 Å². The van der Waals surface area contributed by atoms with Crippen molar-refractivity contribution in [3.8, 4) is 0 Å². The monoisotopic (exact) mass is 518 g/mol. The Morgan fingerprint density at radius 3 is 2.84 bits per heavy atom.